The number of hydrogen-bond donors (Lipinski definition) is 2. The van der Waals surface area contributed by atoms with Gasteiger partial charge in [-0.25, -0.2) is 9.78 Å². The quantitative estimate of drug-likeness (QED) is 0.833. The first-order valence-corrected chi connectivity index (χ1v) is 6.43. The molecule has 1 saturated carbocycles. The Hall–Kier alpha value is -1.10. The van der Waals surface area contributed by atoms with Gasteiger partial charge in [0.1, 0.15) is 0 Å². The Morgan fingerprint density at radius 1 is 1.62 bits per heavy atom. The second-order valence-corrected chi connectivity index (χ2v) is 5.76. The fourth-order valence-corrected chi connectivity index (χ4v) is 2.69. The van der Waals surface area contributed by atoms with Crippen molar-refractivity contribution in [1.29, 1.82) is 0 Å². The number of rotatable bonds is 2. The number of carbonyl (C=O) groups is 1. The first kappa shape index (κ1) is 11.4. The molecular weight excluding hydrogens is 222 g/mol. The maximum atomic E-state index is 11.7. The van der Waals surface area contributed by atoms with Crippen LogP contribution in [0.2, 0.25) is 0 Å². The molecule has 1 aliphatic carbocycles. The van der Waals surface area contributed by atoms with Crippen LogP contribution in [0.25, 0.3) is 0 Å². The molecule has 1 aliphatic rings. The summed E-state index contributed by atoms with van der Waals surface area (Å²) in [6.45, 7) is 4.41. The highest BCUT2D eigenvalue weighted by Gasteiger charge is 2.35. The largest absolute Gasteiger partial charge is 0.335 e. The van der Waals surface area contributed by atoms with Crippen LogP contribution >= 0.6 is 11.3 Å². The van der Waals surface area contributed by atoms with E-state index in [0.717, 1.165) is 6.42 Å². The minimum atomic E-state index is -0.144. The number of carbonyl (C=O) groups excluding carboxylic acids is 1. The van der Waals surface area contributed by atoms with Gasteiger partial charge in [-0.3, -0.25) is 5.32 Å². The predicted molar refractivity (Wildman–Crippen MR) is 65.7 cm³/mol. The minimum absolute atomic E-state index is 0.144. The van der Waals surface area contributed by atoms with Crippen molar-refractivity contribution in [2.75, 3.05) is 5.32 Å². The zero-order valence-electron chi connectivity index (χ0n) is 9.62. The number of anilines is 1. The third-order valence-corrected chi connectivity index (χ3v) is 3.90. The molecule has 88 valence electrons. The van der Waals surface area contributed by atoms with Gasteiger partial charge in [0.2, 0.25) is 0 Å². The fourth-order valence-electron chi connectivity index (χ4n) is 2.17. The smallest absolute Gasteiger partial charge is 0.321 e. The van der Waals surface area contributed by atoms with Crippen molar-refractivity contribution >= 4 is 22.5 Å². The highest BCUT2D eigenvalue weighted by atomic mass is 32.1. The lowest BCUT2D eigenvalue weighted by molar-refractivity contribution is 0.233. The summed E-state index contributed by atoms with van der Waals surface area (Å²) < 4.78 is 0. The van der Waals surface area contributed by atoms with Gasteiger partial charge in [0.05, 0.1) is 0 Å². The van der Waals surface area contributed by atoms with Crippen LogP contribution in [-0.2, 0) is 0 Å². The average molecular weight is 239 g/mol. The van der Waals surface area contributed by atoms with Crippen LogP contribution in [0, 0.1) is 5.41 Å². The van der Waals surface area contributed by atoms with Gasteiger partial charge in [0, 0.05) is 17.6 Å². The van der Waals surface area contributed by atoms with Gasteiger partial charge in [0.15, 0.2) is 5.13 Å². The molecule has 2 N–H and O–H groups in total. The topological polar surface area (TPSA) is 54.0 Å². The minimum Gasteiger partial charge on any atom is -0.335 e. The Kier molecular flexibility index (Phi) is 3.14. The Labute approximate surface area is 99.5 Å². The molecule has 4 nitrogen and oxygen atoms in total. The van der Waals surface area contributed by atoms with Gasteiger partial charge in [0.25, 0.3) is 0 Å². The summed E-state index contributed by atoms with van der Waals surface area (Å²) in [6, 6.07) is 0.127. The summed E-state index contributed by atoms with van der Waals surface area (Å²) in [5.41, 5.74) is 0.209. The van der Waals surface area contributed by atoms with Crippen molar-refractivity contribution in [3.63, 3.8) is 0 Å². The summed E-state index contributed by atoms with van der Waals surface area (Å²) in [5.74, 6) is 0. The van der Waals surface area contributed by atoms with Gasteiger partial charge in [-0.2, -0.15) is 0 Å². The normalized spacial score (nSPS) is 23.0. The van der Waals surface area contributed by atoms with Crippen molar-refractivity contribution < 1.29 is 4.79 Å². The third-order valence-electron chi connectivity index (χ3n) is 3.22. The number of aromatic nitrogens is 1. The molecule has 0 bridgehead atoms. The van der Waals surface area contributed by atoms with Crippen molar-refractivity contribution in [3.05, 3.63) is 11.6 Å². The van der Waals surface area contributed by atoms with E-state index in [2.05, 4.69) is 29.5 Å². The van der Waals surface area contributed by atoms with Gasteiger partial charge in [-0.1, -0.05) is 20.3 Å². The average Bonchev–Trinajstić information content (AvgIpc) is 2.78. The molecule has 1 aromatic heterocycles. The number of amides is 2. The molecule has 0 radical (unpaired) electrons. The van der Waals surface area contributed by atoms with E-state index in [4.69, 9.17) is 0 Å². The van der Waals surface area contributed by atoms with E-state index >= 15 is 0 Å². The van der Waals surface area contributed by atoms with E-state index in [1.807, 2.05) is 5.38 Å². The maximum absolute atomic E-state index is 11.7. The van der Waals surface area contributed by atoms with Crippen LogP contribution < -0.4 is 10.6 Å². The lowest BCUT2D eigenvalue weighted by Gasteiger charge is -2.27. The summed E-state index contributed by atoms with van der Waals surface area (Å²) >= 11 is 1.43. The molecule has 0 aromatic carbocycles. The zero-order chi connectivity index (χ0) is 11.6. The fraction of sp³-hybridized carbons (Fsp3) is 0.636. The SMILES string of the molecule is CC1(C)CCCC1NC(=O)Nc1nccs1. The molecule has 1 atom stereocenters. The molecule has 2 amide bonds. The van der Waals surface area contributed by atoms with E-state index in [1.165, 1.54) is 24.2 Å². The molecule has 16 heavy (non-hydrogen) atoms. The molecular formula is C11H17N3OS. The molecule has 2 rings (SSSR count). The molecule has 1 fully saturated rings. The van der Waals surface area contributed by atoms with Crippen LogP contribution in [0.3, 0.4) is 0 Å². The monoisotopic (exact) mass is 239 g/mol. The Morgan fingerprint density at radius 3 is 3.00 bits per heavy atom. The maximum Gasteiger partial charge on any atom is 0.321 e. The van der Waals surface area contributed by atoms with Gasteiger partial charge in [-0.15, -0.1) is 11.3 Å². The zero-order valence-corrected chi connectivity index (χ0v) is 10.4. The molecule has 5 heteroatoms. The van der Waals surface area contributed by atoms with Crippen molar-refractivity contribution in [1.82, 2.24) is 10.3 Å². The Balaban J connectivity index is 1.88. The lowest BCUT2D eigenvalue weighted by atomic mass is 9.87. The Morgan fingerprint density at radius 2 is 2.44 bits per heavy atom. The van der Waals surface area contributed by atoms with Crippen LogP contribution in [0.15, 0.2) is 11.6 Å². The summed E-state index contributed by atoms with van der Waals surface area (Å²) in [6.07, 6.45) is 5.11. The van der Waals surface area contributed by atoms with Gasteiger partial charge >= 0.3 is 6.03 Å². The first-order chi connectivity index (χ1) is 7.58. The standard InChI is InChI=1S/C11H17N3OS/c1-11(2)5-3-4-8(11)13-9(15)14-10-12-6-7-16-10/h6-8H,3-5H2,1-2H3,(H2,12,13,14,15). The predicted octanol–water partition coefficient (Wildman–Crippen LogP) is 2.84. The van der Waals surface area contributed by atoms with Gasteiger partial charge < -0.3 is 5.32 Å². The molecule has 1 heterocycles. The second-order valence-electron chi connectivity index (χ2n) is 4.87. The van der Waals surface area contributed by atoms with Crippen molar-refractivity contribution in [2.24, 2.45) is 5.41 Å². The molecule has 0 saturated heterocycles. The summed E-state index contributed by atoms with van der Waals surface area (Å²) in [5, 5.41) is 8.26. The lowest BCUT2D eigenvalue weighted by Crippen LogP contribution is -2.43. The highest BCUT2D eigenvalue weighted by Crippen LogP contribution is 2.37. The van der Waals surface area contributed by atoms with E-state index in [9.17, 15) is 4.79 Å². The molecule has 0 aliphatic heterocycles. The number of hydrogen-bond acceptors (Lipinski definition) is 3. The van der Waals surface area contributed by atoms with Crippen molar-refractivity contribution in [2.45, 2.75) is 39.2 Å². The number of nitrogens with zero attached hydrogens (tertiary/aromatic N) is 1. The molecule has 1 aromatic rings. The summed E-state index contributed by atoms with van der Waals surface area (Å²) in [7, 11) is 0. The van der Waals surface area contributed by atoms with Crippen LogP contribution in [0.1, 0.15) is 33.1 Å². The van der Waals surface area contributed by atoms with E-state index in [-0.39, 0.29) is 17.5 Å². The first-order valence-electron chi connectivity index (χ1n) is 5.55. The van der Waals surface area contributed by atoms with E-state index in [1.54, 1.807) is 6.20 Å². The third kappa shape index (κ3) is 2.52. The highest BCUT2D eigenvalue weighted by molar-refractivity contribution is 7.13. The van der Waals surface area contributed by atoms with E-state index in [0.29, 0.717) is 5.13 Å². The Bertz CT molecular complexity index is 361. The van der Waals surface area contributed by atoms with E-state index < -0.39 is 0 Å². The van der Waals surface area contributed by atoms with Crippen LogP contribution in [0.4, 0.5) is 9.93 Å². The number of nitrogens with one attached hydrogen (secondary N) is 2. The van der Waals surface area contributed by atoms with Crippen LogP contribution in [0.5, 0.6) is 0 Å². The van der Waals surface area contributed by atoms with Crippen LogP contribution in [-0.4, -0.2) is 17.1 Å². The molecule has 1 unspecified atom stereocenters. The molecule has 0 spiro atoms. The number of urea groups is 1. The second kappa shape index (κ2) is 4.41. The summed E-state index contributed by atoms with van der Waals surface area (Å²) in [4.78, 5) is 15.7. The van der Waals surface area contributed by atoms with Gasteiger partial charge in [-0.05, 0) is 18.3 Å². The van der Waals surface area contributed by atoms with Crippen molar-refractivity contribution in [3.8, 4) is 0 Å². The number of thiazole rings is 1.